The number of hydrogen-bond donors (Lipinski definition) is 1. The number of hydrogen-bond acceptors (Lipinski definition) is 3. The van der Waals surface area contributed by atoms with E-state index < -0.39 is 11.2 Å². The second-order valence-electron chi connectivity index (χ2n) is 8.02. The third kappa shape index (κ3) is 3.02. The fourth-order valence-electron chi connectivity index (χ4n) is 3.21. The molecular weight excluding hydrogens is 359 g/mol. The van der Waals surface area contributed by atoms with Gasteiger partial charge < -0.3 is 14.2 Å². The Labute approximate surface area is 164 Å². The molecular formula is C22H22BClO3. The van der Waals surface area contributed by atoms with E-state index in [2.05, 4.69) is 24.3 Å². The molecule has 3 aromatic carbocycles. The second-order valence-corrected chi connectivity index (χ2v) is 8.43. The topological polar surface area (TPSA) is 42.6 Å². The lowest BCUT2D eigenvalue weighted by Gasteiger charge is -2.37. The van der Waals surface area contributed by atoms with Gasteiger partial charge in [0.25, 0.3) is 0 Å². The summed E-state index contributed by atoms with van der Waals surface area (Å²) in [7, 11) is 0.286. The van der Waals surface area contributed by atoms with Gasteiger partial charge in [0, 0.05) is 21.2 Å². The van der Waals surface area contributed by atoms with Crippen molar-refractivity contribution >= 4 is 57.3 Å². The average molecular weight is 381 g/mol. The van der Waals surface area contributed by atoms with Crippen LogP contribution in [0.15, 0.2) is 52.9 Å². The van der Waals surface area contributed by atoms with Crippen LogP contribution in [0.4, 0.5) is 0 Å². The standard InChI is InChI=1S/C22H22BClO3/c1-21(2,25)22(3,4)27-23-19-16(24)11-12-17-18(19)15-10-9-13-7-5-6-8-14(13)20(15)26-17/h5-12,23,25H,1-4H3. The molecule has 0 aliphatic carbocycles. The maximum absolute atomic E-state index is 10.4. The molecule has 1 aromatic heterocycles. The van der Waals surface area contributed by atoms with E-state index in [-0.39, 0.29) is 7.48 Å². The number of furan rings is 1. The quantitative estimate of drug-likeness (QED) is 0.510. The smallest absolute Gasteiger partial charge is 0.311 e. The van der Waals surface area contributed by atoms with Gasteiger partial charge >= 0.3 is 7.48 Å². The van der Waals surface area contributed by atoms with Crippen LogP contribution >= 0.6 is 11.6 Å². The fourth-order valence-corrected chi connectivity index (χ4v) is 3.42. The summed E-state index contributed by atoms with van der Waals surface area (Å²) in [5, 5.41) is 15.2. The van der Waals surface area contributed by atoms with Crippen LogP contribution in [0.1, 0.15) is 27.7 Å². The molecule has 138 valence electrons. The minimum Gasteiger partial charge on any atom is -0.455 e. The second kappa shape index (κ2) is 6.27. The molecule has 0 fully saturated rings. The monoisotopic (exact) mass is 380 g/mol. The zero-order chi connectivity index (χ0) is 19.4. The molecule has 0 aliphatic heterocycles. The van der Waals surface area contributed by atoms with Gasteiger partial charge in [0.05, 0.1) is 11.2 Å². The molecule has 0 atom stereocenters. The lowest BCUT2D eigenvalue weighted by atomic mass is 9.80. The van der Waals surface area contributed by atoms with Crippen LogP contribution in [0.3, 0.4) is 0 Å². The molecule has 0 amide bonds. The Morgan fingerprint density at radius 3 is 2.44 bits per heavy atom. The highest BCUT2D eigenvalue weighted by atomic mass is 35.5. The van der Waals surface area contributed by atoms with Crippen molar-refractivity contribution in [2.45, 2.75) is 38.9 Å². The van der Waals surface area contributed by atoms with Crippen LogP contribution < -0.4 is 5.46 Å². The van der Waals surface area contributed by atoms with Crippen molar-refractivity contribution in [3.63, 3.8) is 0 Å². The molecule has 0 spiro atoms. The minimum absolute atomic E-state index is 0.286. The molecule has 5 heteroatoms. The Bertz CT molecular complexity index is 1160. The van der Waals surface area contributed by atoms with Crippen molar-refractivity contribution in [3.8, 4) is 0 Å². The summed E-state index contributed by atoms with van der Waals surface area (Å²) in [6, 6.07) is 16.1. The first kappa shape index (κ1) is 18.4. The summed E-state index contributed by atoms with van der Waals surface area (Å²) >= 11 is 6.54. The third-order valence-corrected chi connectivity index (χ3v) is 5.98. The van der Waals surface area contributed by atoms with Gasteiger partial charge in [0.1, 0.15) is 11.2 Å². The van der Waals surface area contributed by atoms with Gasteiger partial charge in [-0.3, -0.25) is 0 Å². The van der Waals surface area contributed by atoms with E-state index in [1.165, 1.54) is 0 Å². The lowest BCUT2D eigenvalue weighted by molar-refractivity contribution is -0.0893. The predicted octanol–water partition coefficient (Wildman–Crippen LogP) is 4.94. The van der Waals surface area contributed by atoms with Crippen molar-refractivity contribution < 1.29 is 14.2 Å². The zero-order valence-electron chi connectivity index (χ0n) is 16.0. The molecule has 0 radical (unpaired) electrons. The molecule has 27 heavy (non-hydrogen) atoms. The average Bonchev–Trinajstić information content (AvgIpc) is 2.99. The van der Waals surface area contributed by atoms with E-state index >= 15 is 0 Å². The van der Waals surface area contributed by atoms with Crippen LogP contribution in [-0.2, 0) is 4.65 Å². The predicted molar refractivity (Wildman–Crippen MR) is 114 cm³/mol. The molecule has 0 saturated heterocycles. The minimum atomic E-state index is -0.984. The normalized spacial score (nSPS) is 13.0. The van der Waals surface area contributed by atoms with Gasteiger partial charge in [-0.15, -0.1) is 0 Å². The largest absolute Gasteiger partial charge is 0.455 e. The number of halogens is 1. The number of aliphatic hydroxyl groups is 1. The van der Waals surface area contributed by atoms with Gasteiger partial charge in [-0.2, -0.15) is 0 Å². The lowest BCUT2D eigenvalue weighted by Crippen LogP contribution is -2.49. The molecule has 3 nitrogen and oxygen atoms in total. The van der Waals surface area contributed by atoms with Crippen LogP contribution in [0.5, 0.6) is 0 Å². The van der Waals surface area contributed by atoms with Gasteiger partial charge in [0.15, 0.2) is 0 Å². The van der Waals surface area contributed by atoms with Gasteiger partial charge in [-0.25, -0.2) is 0 Å². The maximum Gasteiger partial charge on any atom is 0.311 e. The first-order valence-corrected chi connectivity index (χ1v) is 9.44. The highest BCUT2D eigenvalue weighted by Gasteiger charge is 2.36. The van der Waals surface area contributed by atoms with E-state index in [0.29, 0.717) is 5.02 Å². The molecule has 0 aliphatic rings. The van der Waals surface area contributed by atoms with Crippen molar-refractivity contribution in [1.29, 1.82) is 0 Å². The Kier molecular flexibility index (Phi) is 4.26. The van der Waals surface area contributed by atoms with Crippen molar-refractivity contribution in [3.05, 3.63) is 53.6 Å². The number of rotatable bonds is 4. The first-order valence-electron chi connectivity index (χ1n) is 9.07. The number of benzene rings is 3. The molecule has 0 unspecified atom stereocenters. The van der Waals surface area contributed by atoms with E-state index in [4.69, 9.17) is 20.7 Å². The van der Waals surface area contributed by atoms with Crippen molar-refractivity contribution in [2.75, 3.05) is 0 Å². The summed E-state index contributed by atoms with van der Waals surface area (Å²) in [5.41, 5.74) is 0.798. The molecule has 0 bridgehead atoms. The molecule has 1 heterocycles. The van der Waals surface area contributed by atoms with Gasteiger partial charge in [0.2, 0.25) is 0 Å². The summed E-state index contributed by atoms with van der Waals surface area (Å²) < 4.78 is 12.3. The van der Waals surface area contributed by atoms with Crippen molar-refractivity contribution in [2.24, 2.45) is 0 Å². The summed E-state index contributed by atoms with van der Waals surface area (Å²) in [6.07, 6.45) is 0. The van der Waals surface area contributed by atoms with Crippen molar-refractivity contribution in [1.82, 2.24) is 0 Å². The molecule has 0 saturated carbocycles. The van der Waals surface area contributed by atoms with Crippen LogP contribution in [0.25, 0.3) is 32.7 Å². The first-order chi connectivity index (χ1) is 12.7. The molecule has 1 N–H and O–H groups in total. The van der Waals surface area contributed by atoms with E-state index in [0.717, 1.165) is 38.2 Å². The zero-order valence-corrected chi connectivity index (χ0v) is 16.7. The third-order valence-electron chi connectivity index (χ3n) is 5.63. The van der Waals surface area contributed by atoms with Gasteiger partial charge in [-0.05, 0) is 56.7 Å². The fraction of sp³-hybridized carbons (Fsp3) is 0.273. The summed E-state index contributed by atoms with van der Waals surface area (Å²) in [6.45, 7) is 7.24. The van der Waals surface area contributed by atoms with E-state index in [1.54, 1.807) is 13.8 Å². The highest BCUT2D eigenvalue weighted by molar-refractivity contribution is 6.58. The maximum atomic E-state index is 10.4. The molecule has 4 rings (SSSR count). The van der Waals surface area contributed by atoms with Crippen LogP contribution in [-0.4, -0.2) is 23.8 Å². The summed E-state index contributed by atoms with van der Waals surface area (Å²) in [5.74, 6) is 0. The summed E-state index contributed by atoms with van der Waals surface area (Å²) in [4.78, 5) is 0. The van der Waals surface area contributed by atoms with Crippen LogP contribution in [0, 0.1) is 0 Å². The molecule has 4 aromatic rings. The highest BCUT2D eigenvalue weighted by Crippen LogP contribution is 2.34. The van der Waals surface area contributed by atoms with Crippen LogP contribution in [0.2, 0.25) is 5.02 Å². The Morgan fingerprint density at radius 1 is 0.963 bits per heavy atom. The SMILES string of the molecule is CC(C)(O)C(C)(C)OBc1c(Cl)ccc2oc3c4ccccc4ccc3c12. The van der Waals surface area contributed by atoms with Gasteiger partial charge in [-0.1, -0.05) is 41.9 Å². The van der Waals surface area contributed by atoms with E-state index in [1.807, 2.05) is 38.1 Å². The number of fused-ring (bicyclic) bond motifs is 5. The Balaban J connectivity index is 1.90. The Morgan fingerprint density at radius 2 is 1.70 bits per heavy atom. The Hall–Kier alpha value is -2.01. The van der Waals surface area contributed by atoms with E-state index in [9.17, 15) is 5.11 Å².